The first-order chi connectivity index (χ1) is 11.2. The molecular formula is C16H21N3O5. The molecule has 0 fully saturated rings. The molecule has 1 atom stereocenters. The van der Waals surface area contributed by atoms with Crippen molar-refractivity contribution in [3.8, 4) is 5.75 Å². The van der Waals surface area contributed by atoms with Gasteiger partial charge in [-0.15, -0.1) is 0 Å². The first-order valence-corrected chi connectivity index (χ1v) is 7.15. The molecule has 4 N–H and O–H groups in total. The first-order valence-electron chi connectivity index (χ1n) is 7.15. The maximum absolute atomic E-state index is 9.55. The minimum Gasteiger partial charge on any atom is -0.497 e. The van der Waals surface area contributed by atoms with Gasteiger partial charge in [-0.2, -0.15) is 5.10 Å². The Morgan fingerprint density at radius 3 is 2.38 bits per heavy atom. The highest BCUT2D eigenvalue weighted by atomic mass is 16.5. The lowest BCUT2D eigenvalue weighted by molar-refractivity contribution is -0.134. The van der Waals surface area contributed by atoms with Crippen molar-refractivity contribution in [3.05, 3.63) is 36.0 Å². The zero-order valence-electron chi connectivity index (χ0n) is 13.8. The molecule has 24 heavy (non-hydrogen) atoms. The van der Waals surface area contributed by atoms with E-state index in [-0.39, 0.29) is 6.04 Å². The number of nitrogens with zero attached hydrogens (tertiary/aromatic N) is 2. The summed E-state index contributed by atoms with van der Waals surface area (Å²) in [7, 11) is 1.67. The van der Waals surface area contributed by atoms with E-state index >= 15 is 0 Å². The Balaban J connectivity index is 0.000000307. The molecule has 0 aliphatic rings. The molecule has 0 aliphatic heterocycles. The van der Waals surface area contributed by atoms with Crippen LogP contribution in [0.3, 0.4) is 0 Å². The molecule has 8 heteroatoms. The van der Waals surface area contributed by atoms with Crippen molar-refractivity contribution in [2.45, 2.75) is 26.4 Å². The summed E-state index contributed by atoms with van der Waals surface area (Å²) in [5.41, 5.74) is 7.91. The van der Waals surface area contributed by atoms with Gasteiger partial charge in [0.05, 0.1) is 24.9 Å². The second-order valence-electron chi connectivity index (χ2n) is 5.14. The molecule has 0 saturated carbocycles. The Morgan fingerprint density at radius 2 is 1.92 bits per heavy atom. The normalized spacial score (nSPS) is 11.8. The quantitative estimate of drug-likeness (QED) is 0.705. The van der Waals surface area contributed by atoms with Crippen LogP contribution in [0.4, 0.5) is 0 Å². The lowest BCUT2D eigenvalue weighted by Crippen LogP contribution is -2.22. The summed E-state index contributed by atoms with van der Waals surface area (Å²) in [5.74, 6) is -1.67. The number of methoxy groups -OCH3 is 1. The van der Waals surface area contributed by atoms with Gasteiger partial charge >= 0.3 is 11.9 Å². The zero-order valence-corrected chi connectivity index (χ0v) is 13.8. The van der Waals surface area contributed by atoms with Crippen LogP contribution in [0.5, 0.6) is 5.75 Å². The molecule has 1 aromatic carbocycles. The van der Waals surface area contributed by atoms with Crippen LogP contribution >= 0.6 is 0 Å². The van der Waals surface area contributed by atoms with Crippen molar-refractivity contribution in [3.63, 3.8) is 0 Å². The number of aliphatic carboxylic acids is 2. The summed E-state index contributed by atoms with van der Waals surface area (Å²) in [6.45, 7) is 4.70. The number of hydrogen-bond acceptors (Lipinski definition) is 5. The molecule has 0 aliphatic carbocycles. The molecular weight excluding hydrogens is 314 g/mol. The van der Waals surface area contributed by atoms with Gasteiger partial charge in [0.1, 0.15) is 5.75 Å². The molecule has 2 rings (SSSR count). The number of rotatable bonds is 5. The maximum atomic E-state index is 9.55. The molecule has 8 nitrogen and oxygen atoms in total. The fourth-order valence-electron chi connectivity index (χ4n) is 2.00. The highest BCUT2D eigenvalue weighted by Crippen LogP contribution is 2.23. The number of ether oxygens (including phenoxy) is 1. The van der Waals surface area contributed by atoms with E-state index in [0.29, 0.717) is 12.2 Å². The molecule has 1 aromatic heterocycles. The smallest absolute Gasteiger partial charge is 0.328 e. The summed E-state index contributed by atoms with van der Waals surface area (Å²) in [6.07, 6.45) is 1.12. The van der Waals surface area contributed by atoms with Gasteiger partial charge in [-0.3, -0.25) is 4.68 Å². The van der Waals surface area contributed by atoms with E-state index in [2.05, 4.69) is 5.10 Å². The van der Waals surface area contributed by atoms with Crippen molar-refractivity contribution < 1.29 is 24.5 Å². The largest absolute Gasteiger partial charge is 0.497 e. The van der Waals surface area contributed by atoms with E-state index in [4.69, 9.17) is 20.7 Å². The second-order valence-corrected chi connectivity index (χ2v) is 5.14. The number of fused-ring (bicyclic) bond motifs is 1. The van der Waals surface area contributed by atoms with Crippen LogP contribution in [-0.2, 0) is 16.1 Å². The number of carbonyl (C=O) groups is 2. The molecule has 0 saturated heterocycles. The number of hydrogen-bond donors (Lipinski definition) is 3. The number of nitrogens with two attached hydrogens (primary N) is 1. The van der Waals surface area contributed by atoms with E-state index in [9.17, 15) is 9.59 Å². The first kappa shape index (κ1) is 19.2. The lowest BCUT2D eigenvalue weighted by atomic mass is 10.2. The van der Waals surface area contributed by atoms with Gasteiger partial charge in [-0.1, -0.05) is 0 Å². The molecule has 1 unspecified atom stereocenters. The minimum absolute atomic E-state index is 0.0914. The minimum atomic E-state index is -1.26. The van der Waals surface area contributed by atoms with Crippen LogP contribution in [-0.4, -0.2) is 45.1 Å². The van der Waals surface area contributed by atoms with Crippen molar-refractivity contribution in [2.75, 3.05) is 7.11 Å². The monoisotopic (exact) mass is 335 g/mol. The van der Waals surface area contributed by atoms with Crippen LogP contribution in [0, 0.1) is 6.92 Å². The topological polar surface area (TPSA) is 128 Å². The Kier molecular flexibility index (Phi) is 6.94. The summed E-state index contributed by atoms with van der Waals surface area (Å²) in [4.78, 5) is 19.1. The fourth-order valence-corrected chi connectivity index (χ4v) is 2.00. The van der Waals surface area contributed by atoms with Crippen LogP contribution in [0.1, 0.15) is 12.6 Å². The van der Waals surface area contributed by atoms with Gasteiger partial charge in [0.25, 0.3) is 0 Å². The number of carboxylic acid groups (broad SMARTS) is 2. The van der Waals surface area contributed by atoms with E-state index in [1.807, 2.05) is 36.7 Å². The highest BCUT2D eigenvalue weighted by Gasteiger charge is 2.09. The summed E-state index contributed by atoms with van der Waals surface area (Å²) in [6, 6.07) is 6.08. The molecule has 2 aromatic rings. The van der Waals surface area contributed by atoms with Crippen LogP contribution < -0.4 is 10.5 Å². The number of aromatic nitrogens is 2. The molecule has 0 amide bonds. The van der Waals surface area contributed by atoms with Gasteiger partial charge in [0, 0.05) is 29.6 Å². The predicted molar refractivity (Wildman–Crippen MR) is 89.1 cm³/mol. The average Bonchev–Trinajstić information content (AvgIpc) is 2.81. The molecule has 1 heterocycles. The van der Waals surface area contributed by atoms with Gasteiger partial charge in [-0.25, -0.2) is 9.59 Å². The van der Waals surface area contributed by atoms with Crippen LogP contribution in [0.2, 0.25) is 0 Å². The Labute approximate surface area is 139 Å². The number of benzene rings is 1. The number of carboxylic acids is 2. The van der Waals surface area contributed by atoms with Crippen molar-refractivity contribution >= 4 is 22.8 Å². The van der Waals surface area contributed by atoms with Crippen LogP contribution in [0.25, 0.3) is 10.9 Å². The van der Waals surface area contributed by atoms with Gasteiger partial charge in [-0.05, 0) is 26.0 Å². The predicted octanol–water partition coefficient (Wildman–Crippen LogP) is 1.41. The highest BCUT2D eigenvalue weighted by molar-refractivity contribution is 5.89. The van der Waals surface area contributed by atoms with Crippen LogP contribution in [0.15, 0.2) is 30.4 Å². The maximum Gasteiger partial charge on any atom is 0.328 e. The summed E-state index contributed by atoms with van der Waals surface area (Å²) >= 11 is 0. The van der Waals surface area contributed by atoms with Crippen molar-refractivity contribution in [2.24, 2.45) is 5.73 Å². The van der Waals surface area contributed by atoms with Crippen molar-refractivity contribution in [1.29, 1.82) is 0 Å². The van der Waals surface area contributed by atoms with E-state index in [1.54, 1.807) is 7.11 Å². The second kappa shape index (κ2) is 8.68. The van der Waals surface area contributed by atoms with Gasteiger partial charge in [0.15, 0.2) is 0 Å². The van der Waals surface area contributed by atoms with E-state index < -0.39 is 11.9 Å². The fraction of sp³-hybridized carbons (Fsp3) is 0.312. The lowest BCUT2D eigenvalue weighted by Gasteiger charge is -2.07. The summed E-state index contributed by atoms with van der Waals surface area (Å²) < 4.78 is 7.16. The molecule has 130 valence electrons. The Hall–Kier alpha value is -2.87. The third-order valence-corrected chi connectivity index (χ3v) is 2.97. The van der Waals surface area contributed by atoms with E-state index in [1.165, 1.54) is 0 Å². The molecule has 0 radical (unpaired) electrons. The standard InChI is InChI=1S/C12H17N3O.C4H4O4/c1-8(13)7-15-12-6-10(16-3)4-5-11(12)9(2)14-15;5-3(6)1-2-4(7)8/h4-6,8H,7,13H2,1-3H3;1-2H,(H,5,6)(H,7,8). The average molecular weight is 335 g/mol. The Morgan fingerprint density at radius 1 is 1.33 bits per heavy atom. The molecule has 0 bridgehead atoms. The van der Waals surface area contributed by atoms with Gasteiger partial charge in [0.2, 0.25) is 0 Å². The SMILES string of the molecule is COc1ccc2c(C)nn(CC(C)N)c2c1.O=C(O)C=CC(=O)O. The van der Waals surface area contributed by atoms with Gasteiger partial charge < -0.3 is 20.7 Å². The van der Waals surface area contributed by atoms with E-state index in [0.717, 1.165) is 28.9 Å². The zero-order chi connectivity index (χ0) is 18.3. The summed E-state index contributed by atoms with van der Waals surface area (Å²) in [5, 5.41) is 21.3. The number of aryl methyl sites for hydroxylation is 1. The third kappa shape index (κ3) is 5.73. The molecule has 0 spiro atoms. The van der Waals surface area contributed by atoms with Crippen molar-refractivity contribution in [1.82, 2.24) is 9.78 Å². The third-order valence-electron chi connectivity index (χ3n) is 2.97. The Bertz CT molecular complexity index is 733.